The van der Waals surface area contributed by atoms with Gasteiger partial charge in [0.15, 0.2) is 0 Å². The lowest BCUT2D eigenvalue weighted by Gasteiger charge is -2.40. The Labute approximate surface area is 219 Å². The molecule has 192 valence electrons. The quantitative estimate of drug-likeness (QED) is 0.337. The number of nitrogen functional groups attached to an aromatic ring is 1. The van der Waals surface area contributed by atoms with E-state index in [0.29, 0.717) is 23.0 Å². The highest BCUT2D eigenvalue weighted by atomic mass is 16.5. The maximum Gasteiger partial charge on any atom is 0.0862 e. The summed E-state index contributed by atoms with van der Waals surface area (Å²) in [5.74, 6) is 0. The van der Waals surface area contributed by atoms with Gasteiger partial charge in [0.05, 0.1) is 11.4 Å². The lowest BCUT2D eigenvalue weighted by molar-refractivity contribution is 0.0126. The van der Waals surface area contributed by atoms with Crippen LogP contribution in [0.2, 0.25) is 0 Å². The zero-order valence-corrected chi connectivity index (χ0v) is 21.3. The van der Waals surface area contributed by atoms with E-state index in [0.717, 1.165) is 75.5 Å². The molecule has 0 amide bonds. The summed E-state index contributed by atoms with van der Waals surface area (Å²) in [5, 5.41) is 8.74. The molecule has 0 unspecified atom stereocenters. The molecule has 0 aliphatic carbocycles. The topological polar surface area (TPSA) is 104 Å². The second-order valence-corrected chi connectivity index (χ2v) is 9.92. The molecule has 7 heteroatoms. The molecule has 2 fully saturated rings. The van der Waals surface area contributed by atoms with Gasteiger partial charge in [-0.25, -0.2) is 0 Å². The van der Waals surface area contributed by atoms with Crippen LogP contribution in [0.15, 0.2) is 72.7 Å². The Balaban J connectivity index is 1.24. The fourth-order valence-electron chi connectivity index (χ4n) is 5.27. The number of nitrogens with one attached hydrogen (secondary N) is 1. The van der Waals surface area contributed by atoms with Crippen molar-refractivity contribution in [3.63, 3.8) is 0 Å². The molecular formula is C30H36N6O. The van der Waals surface area contributed by atoms with Gasteiger partial charge in [0, 0.05) is 81.2 Å². The third kappa shape index (κ3) is 6.25. The van der Waals surface area contributed by atoms with Gasteiger partial charge in [-0.1, -0.05) is 36.4 Å². The monoisotopic (exact) mass is 496 g/mol. The number of rotatable bonds is 7. The van der Waals surface area contributed by atoms with Crippen LogP contribution in [-0.4, -0.2) is 65.9 Å². The Morgan fingerprint density at radius 1 is 1.00 bits per heavy atom. The summed E-state index contributed by atoms with van der Waals surface area (Å²) in [4.78, 5) is 9.35. The summed E-state index contributed by atoms with van der Waals surface area (Å²) in [6, 6.07) is 18.7. The van der Waals surface area contributed by atoms with Crippen LogP contribution in [0.25, 0.3) is 17.2 Å². The Bertz CT molecular complexity index is 1240. The first-order valence-corrected chi connectivity index (χ1v) is 13.1. The van der Waals surface area contributed by atoms with E-state index in [1.54, 1.807) is 12.4 Å². The molecular weight excluding hydrogens is 460 g/mol. The fraction of sp³-hybridized carbons (Fsp3) is 0.333. The van der Waals surface area contributed by atoms with E-state index in [9.17, 15) is 0 Å². The standard InChI is InChI=1S/C30H36N6O/c31-28-7-6-24(25-5-2-10-34-20-25)19-27(28)30(33)29(32)18-22-3-1-4-23(17-22)21-35-11-13-36(14-12-35)26-8-15-37-16-9-26/h1-7,10,17-20,26,33H,8-9,11-16,21,31-32H2/b29-18-,33-30?. The normalized spacial score (nSPS) is 18.1. The summed E-state index contributed by atoms with van der Waals surface area (Å²) in [6.07, 6.45) is 7.72. The van der Waals surface area contributed by atoms with Gasteiger partial charge in [0.25, 0.3) is 0 Å². The molecule has 37 heavy (non-hydrogen) atoms. The van der Waals surface area contributed by atoms with Gasteiger partial charge in [-0.3, -0.25) is 20.2 Å². The zero-order chi connectivity index (χ0) is 25.6. The van der Waals surface area contributed by atoms with Gasteiger partial charge in [-0.2, -0.15) is 0 Å². The molecule has 0 atom stereocenters. The first-order valence-electron chi connectivity index (χ1n) is 13.1. The molecule has 3 heterocycles. The minimum absolute atomic E-state index is 0.220. The molecule has 2 saturated heterocycles. The van der Waals surface area contributed by atoms with Crippen molar-refractivity contribution in [3.05, 3.63) is 89.4 Å². The Hall–Kier alpha value is -3.52. The number of pyridine rings is 1. The van der Waals surface area contributed by atoms with Gasteiger partial charge in [-0.05, 0) is 53.8 Å². The van der Waals surface area contributed by atoms with Crippen LogP contribution >= 0.6 is 0 Å². The summed E-state index contributed by atoms with van der Waals surface area (Å²) in [5.41, 5.74) is 18.6. The minimum atomic E-state index is 0.220. The maximum atomic E-state index is 8.74. The van der Waals surface area contributed by atoms with E-state index in [1.165, 1.54) is 5.56 Å². The SMILES string of the molecule is N=C(/C(N)=C/c1cccc(CN2CCN(C3CCOCC3)CC2)c1)c1cc(-c2cccnc2)ccc1N. The van der Waals surface area contributed by atoms with E-state index in [4.69, 9.17) is 21.6 Å². The van der Waals surface area contributed by atoms with Crippen LogP contribution in [0.3, 0.4) is 0 Å². The number of nitrogens with zero attached hydrogens (tertiary/aromatic N) is 3. The molecule has 0 spiro atoms. The Morgan fingerprint density at radius 2 is 1.81 bits per heavy atom. The Kier molecular flexibility index (Phi) is 7.94. The van der Waals surface area contributed by atoms with E-state index in [1.807, 2.05) is 42.5 Å². The average molecular weight is 497 g/mol. The van der Waals surface area contributed by atoms with Crippen molar-refractivity contribution in [1.29, 1.82) is 5.41 Å². The van der Waals surface area contributed by atoms with Gasteiger partial charge >= 0.3 is 0 Å². The molecule has 5 N–H and O–H groups in total. The lowest BCUT2D eigenvalue weighted by Crippen LogP contribution is -2.51. The predicted molar refractivity (Wildman–Crippen MR) is 150 cm³/mol. The van der Waals surface area contributed by atoms with Gasteiger partial charge in [-0.15, -0.1) is 0 Å². The number of anilines is 1. The second kappa shape index (κ2) is 11.7. The van der Waals surface area contributed by atoms with Crippen LogP contribution < -0.4 is 11.5 Å². The number of piperazine rings is 1. The number of nitrogens with two attached hydrogens (primary N) is 2. The number of ether oxygens (including phenoxy) is 1. The smallest absolute Gasteiger partial charge is 0.0862 e. The largest absolute Gasteiger partial charge is 0.398 e. The maximum absolute atomic E-state index is 8.74. The molecule has 3 aromatic rings. The highest BCUT2D eigenvalue weighted by Gasteiger charge is 2.25. The number of aromatic nitrogens is 1. The molecule has 7 nitrogen and oxygen atoms in total. The molecule has 2 aliphatic rings. The highest BCUT2D eigenvalue weighted by molar-refractivity contribution is 6.15. The third-order valence-corrected chi connectivity index (χ3v) is 7.40. The first kappa shape index (κ1) is 25.1. The van der Waals surface area contributed by atoms with Crippen molar-refractivity contribution in [2.75, 3.05) is 45.1 Å². The molecule has 5 rings (SSSR count). The van der Waals surface area contributed by atoms with Crippen molar-refractivity contribution < 1.29 is 4.74 Å². The molecule has 1 aromatic heterocycles. The number of hydrogen-bond acceptors (Lipinski definition) is 7. The van der Waals surface area contributed by atoms with Gasteiger partial charge in [0.1, 0.15) is 0 Å². The van der Waals surface area contributed by atoms with Crippen molar-refractivity contribution in [1.82, 2.24) is 14.8 Å². The van der Waals surface area contributed by atoms with Crippen molar-refractivity contribution >= 4 is 17.5 Å². The highest BCUT2D eigenvalue weighted by Crippen LogP contribution is 2.25. The summed E-state index contributed by atoms with van der Waals surface area (Å²) in [6.45, 7) is 7.11. The summed E-state index contributed by atoms with van der Waals surface area (Å²) < 4.78 is 5.53. The van der Waals surface area contributed by atoms with Gasteiger partial charge in [0.2, 0.25) is 0 Å². The summed E-state index contributed by atoms with van der Waals surface area (Å²) in [7, 11) is 0. The molecule has 0 saturated carbocycles. The predicted octanol–water partition coefficient (Wildman–Crippen LogP) is 4.00. The van der Waals surface area contributed by atoms with Crippen molar-refractivity contribution in [3.8, 4) is 11.1 Å². The van der Waals surface area contributed by atoms with Crippen LogP contribution in [0, 0.1) is 5.41 Å². The summed E-state index contributed by atoms with van der Waals surface area (Å²) >= 11 is 0. The van der Waals surface area contributed by atoms with Crippen LogP contribution in [0.5, 0.6) is 0 Å². The molecule has 2 aromatic carbocycles. The van der Waals surface area contributed by atoms with Crippen LogP contribution in [-0.2, 0) is 11.3 Å². The third-order valence-electron chi connectivity index (χ3n) is 7.40. The molecule has 2 aliphatic heterocycles. The molecule has 0 bridgehead atoms. The van der Waals surface area contributed by atoms with E-state index >= 15 is 0 Å². The van der Waals surface area contributed by atoms with Crippen LogP contribution in [0.1, 0.15) is 29.5 Å². The molecule has 0 radical (unpaired) electrons. The van der Waals surface area contributed by atoms with Crippen LogP contribution in [0.4, 0.5) is 5.69 Å². The number of benzene rings is 2. The van der Waals surface area contributed by atoms with E-state index < -0.39 is 0 Å². The Morgan fingerprint density at radius 3 is 2.57 bits per heavy atom. The lowest BCUT2D eigenvalue weighted by atomic mass is 9.98. The fourth-order valence-corrected chi connectivity index (χ4v) is 5.27. The zero-order valence-electron chi connectivity index (χ0n) is 21.3. The van der Waals surface area contributed by atoms with Gasteiger partial charge < -0.3 is 16.2 Å². The van der Waals surface area contributed by atoms with E-state index in [2.05, 4.69) is 33.0 Å². The van der Waals surface area contributed by atoms with Crippen molar-refractivity contribution in [2.45, 2.75) is 25.4 Å². The first-order chi connectivity index (χ1) is 18.1. The van der Waals surface area contributed by atoms with E-state index in [-0.39, 0.29) is 5.71 Å². The number of allylic oxidation sites excluding steroid dienone is 1. The number of hydrogen-bond donors (Lipinski definition) is 3. The average Bonchev–Trinajstić information content (AvgIpc) is 2.94. The van der Waals surface area contributed by atoms with Crippen molar-refractivity contribution in [2.24, 2.45) is 5.73 Å². The second-order valence-electron chi connectivity index (χ2n) is 9.92. The minimum Gasteiger partial charge on any atom is -0.398 e.